The van der Waals surface area contributed by atoms with Crippen LogP contribution in [0.25, 0.3) is 0 Å². The topological polar surface area (TPSA) is 48.5 Å². The quantitative estimate of drug-likeness (QED) is 0.847. The van der Waals surface area contributed by atoms with Gasteiger partial charge in [0.25, 0.3) is 5.91 Å². The van der Waals surface area contributed by atoms with Crippen LogP contribution < -0.4 is 5.32 Å². The molecule has 0 aliphatic carbocycles. The van der Waals surface area contributed by atoms with Crippen LogP contribution in [-0.4, -0.2) is 61.0 Å². The minimum atomic E-state index is -0.00648. The van der Waals surface area contributed by atoms with Gasteiger partial charge >= 0.3 is 0 Å². The van der Waals surface area contributed by atoms with E-state index in [4.69, 9.17) is 11.6 Å². The lowest BCUT2D eigenvalue weighted by Crippen LogP contribution is -2.32. The van der Waals surface area contributed by atoms with Gasteiger partial charge in [-0.05, 0) is 45.0 Å². The first-order valence-electron chi connectivity index (χ1n) is 7.35. The molecular formula is C15H23ClN4O. The average Bonchev–Trinajstić information content (AvgIpc) is 2.83. The number of aromatic nitrogens is 1. The van der Waals surface area contributed by atoms with E-state index < -0.39 is 0 Å². The van der Waals surface area contributed by atoms with Gasteiger partial charge in [-0.25, -0.2) is 4.98 Å². The molecule has 6 heteroatoms. The van der Waals surface area contributed by atoms with Crippen molar-refractivity contribution < 1.29 is 4.79 Å². The van der Waals surface area contributed by atoms with Crippen LogP contribution in [0.1, 0.15) is 23.7 Å². The molecule has 1 amide bonds. The fourth-order valence-corrected chi connectivity index (χ4v) is 2.97. The van der Waals surface area contributed by atoms with Crippen LogP contribution in [0.2, 0.25) is 5.15 Å². The largest absolute Gasteiger partial charge is 0.370 e. The van der Waals surface area contributed by atoms with E-state index in [9.17, 15) is 4.79 Å². The second-order valence-electron chi connectivity index (χ2n) is 5.70. The molecule has 1 aromatic heterocycles. The summed E-state index contributed by atoms with van der Waals surface area (Å²) in [4.78, 5) is 20.8. The lowest BCUT2D eigenvalue weighted by molar-refractivity contribution is 0.0774. The third-order valence-corrected chi connectivity index (χ3v) is 3.96. The Bertz CT molecular complexity index is 508. The lowest BCUT2D eigenvalue weighted by Gasteiger charge is -2.21. The summed E-state index contributed by atoms with van der Waals surface area (Å²) in [7, 11) is 3.97. The highest BCUT2D eigenvalue weighted by Gasteiger charge is 2.23. The first-order valence-corrected chi connectivity index (χ1v) is 7.73. The van der Waals surface area contributed by atoms with Crippen LogP contribution in [0.5, 0.6) is 0 Å². The zero-order valence-electron chi connectivity index (χ0n) is 12.9. The van der Waals surface area contributed by atoms with Crippen LogP contribution >= 0.6 is 11.6 Å². The number of anilines is 1. The minimum Gasteiger partial charge on any atom is -0.370 e. The molecule has 1 N–H and O–H groups in total. The predicted molar refractivity (Wildman–Crippen MR) is 86.0 cm³/mol. The summed E-state index contributed by atoms with van der Waals surface area (Å²) in [5.41, 5.74) is 0.583. The zero-order chi connectivity index (χ0) is 15.4. The van der Waals surface area contributed by atoms with Crippen molar-refractivity contribution in [3.63, 3.8) is 0 Å². The number of carbonyl (C=O) groups is 1. The molecule has 1 fully saturated rings. The van der Waals surface area contributed by atoms with Crippen LogP contribution in [0.3, 0.4) is 0 Å². The van der Waals surface area contributed by atoms with Crippen LogP contribution in [0.15, 0.2) is 12.1 Å². The number of pyridine rings is 1. The first-order chi connectivity index (χ1) is 9.99. The van der Waals surface area contributed by atoms with Crippen molar-refractivity contribution in [2.75, 3.05) is 45.6 Å². The summed E-state index contributed by atoms with van der Waals surface area (Å²) < 4.78 is 0. The maximum Gasteiger partial charge on any atom is 0.253 e. The number of nitrogens with zero attached hydrogens (tertiary/aromatic N) is 3. The second kappa shape index (κ2) is 7.09. The van der Waals surface area contributed by atoms with Crippen molar-refractivity contribution in [1.82, 2.24) is 14.8 Å². The third kappa shape index (κ3) is 4.32. The number of hydrogen-bond donors (Lipinski definition) is 1. The molecular weight excluding hydrogens is 288 g/mol. The Kier molecular flexibility index (Phi) is 5.42. The van der Waals surface area contributed by atoms with E-state index in [0.29, 0.717) is 22.5 Å². The first kappa shape index (κ1) is 16.0. The molecule has 2 rings (SSSR count). The van der Waals surface area contributed by atoms with E-state index in [-0.39, 0.29) is 5.91 Å². The van der Waals surface area contributed by atoms with Crippen LogP contribution in [0, 0.1) is 5.92 Å². The third-order valence-electron chi connectivity index (χ3n) is 3.77. The molecule has 0 saturated carbocycles. The Morgan fingerprint density at radius 2 is 2.33 bits per heavy atom. The summed E-state index contributed by atoms with van der Waals surface area (Å²) in [5, 5.41) is 3.43. The molecule has 1 aliphatic heterocycles. The van der Waals surface area contributed by atoms with Gasteiger partial charge in [0.2, 0.25) is 0 Å². The molecule has 1 unspecified atom stereocenters. The molecule has 0 aromatic carbocycles. The number of hydrogen-bond acceptors (Lipinski definition) is 4. The molecule has 5 nitrogen and oxygen atoms in total. The minimum absolute atomic E-state index is 0.00648. The SMILES string of the molecule is CCNc1cc(C(=O)N(C)CC2CCN(C)C2)cc(Cl)n1. The van der Waals surface area contributed by atoms with E-state index >= 15 is 0 Å². The van der Waals surface area contributed by atoms with E-state index in [2.05, 4.69) is 22.2 Å². The Labute approximate surface area is 131 Å². The number of likely N-dealkylation sites (tertiary alicyclic amines) is 1. The fraction of sp³-hybridized carbons (Fsp3) is 0.600. The Hall–Kier alpha value is -1.33. The number of halogens is 1. The van der Waals surface area contributed by atoms with E-state index in [0.717, 1.165) is 32.6 Å². The van der Waals surface area contributed by atoms with Gasteiger partial charge < -0.3 is 15.1 Å². The Morgan fingerprint density at radius 1 is 1.57 bits per heavy atom. The highest BCUT2D eigenvalue weighted by Crippen LogP contribution is 2.19. The zero-order valence-corrected chi connectivity index (χ0v) is 13.7. The lowest BCUT2D eigenvalue weighted by atomic mass is 10.1. The van der Waals surface area contributed by atoms with Crippen LogP contribution in [0.4, 0.5) is 5.82 Å². The molecule has 116 valence electrons. The number of amides is 1. The van der Waals surface area contributed by atoms with Crippen molar-refractivity contribution in [2.24, 2.45) is 5.92 Å². The molecule has 0 spiro atoms. The van der Waals surface area contributed by atoms with Crippen molar-refractivity contribution in [3.05, 3.63) is 22.8 Å². The van der Waals surface area contributed by atoms with Gasteiger partial charge in [0, 0.05) is 32.2 Å². The maximum absolute atomic E-state index is 12.5. The molecule has 2 heterocycles. The molecule has 21 heavy (non-hydrogen) atoms. The molecule has 1 aliphatic rings. The van der Waals surface area contributed by atoms with Crippen molar-refractivity contribution in [3.8, 4) is 0 Å². The Morgan fingerprint density at radius 3 is 2.95 bits per heavy atom. The summed E-state index contributed by atoms with van der Waals surface area (Å²) in [5.74, 6) is 1.19. The highest BCUT2D eigenvalue weighted by molar-refractivity contribution is 6.29. The highest BCUT2D eigenvalue weighted by atomic mass is 35.5. The maximum atomic E-state index is 12.5. The molecule has 1 saturated heterocycles. The number of carbonyl (C=O) groups excluding carboxylic acids is 1. The normalized spacial score (nSPS) is 18.8. The summed E-state index contributed by atoms with van der Waals surface area (Å²) in [6, 6.07) is 3.39. The summed E-state index contributed by atoms with van der Waals surface area (Å²) in [6.07, 6.45) is 1.15. The fourth-order valence-electron chi connectivity index (χ4n) is 2.76. The van der Waals surface area contributed by atoms with Gasteiger partial charge in [-0.3, -0.25) is 4.79 Å². The van der Waals surface area contributed by atoms with Crippen molar-refractivity contribution in [2.45, 2.75) is 13.3 Å². The summed E-state index contributed by atoms with van der Waals surface area (Å²) >= 11 is 6.00. The van der Waals surface area contributed by atoms with Gasteiger partial charge in [-0.1, -0.05) is 11.6 Å². The molecule has 1 atom stereocenters. The average molecular weight is 311 g/mol. The monoisotopic (exact) mass is 310 g/mol. The van der Waals surface area contributed by atoms with Gasteiger partial charge in [0.05, 0.1) is 0 Å². The van der Waals surface area contributed by atoms with E-state index in [1.807, 2.05) is 14.0 Å². The smallest absolute Gasteiger partial charge is 0.253 e. The van der Waals surface area contributed by atoms with Crippen molar-refractivity contribution in [1.29, 1.82) is 0 Å². The number of nitrogens with one attached hydrogen (secondary N) is 1. The second-order valence-corrected chi connectivity index (χ2v) is 6.08. The summed E-state index contributed by atoms with van der Waals surface area (Å²) in [6.45, 7) is 5.66. The predicted octanol–water partition coefficient (Wildman–Crippen LogP) is 2.19. The molecule has 0 bridgehead atoms. The van der Waals surface area contributed by atoms with Crippen molar-refractivity contribution >= 4 is 23.3 Å². The molecule has 1 aromatic rings. The standard InChI is InChI=1S/C15H23ClN4O/c1-4-17-14-8-12(7-13(16)18-14)15(21)20(3)10-11-5-6-19(2)9-11/h7-8,11H,4-6,9-10H2,1-3H3,(H,17,18). The number of rotatable bonds is 5. The van der Waals surface area contributed by atoms with Crippen LogP contribution in [-0.2, 0) is 0 Å². The Balaban J connectivity index is 2.04. The molecule has 0 radical (unpaired) electrons. The van der Waals surface area contributed by atoms with Gasteiger partial charge in [0.1, 0.15) is 11.0 Å². The van der Waals surface area contributed by atoms with E-state index in [1.54, 1.807) is 17.0 Å². The van der Waals surface area contributed by atoms with Gasteiger partial charge in [-0.15, -0.1) is 0 Å². The van der Waals surface area contributed by atoms with E-state index in [1.165, 1.54) is 0 Å². The van der Waals surface area contributed by atoms with Gasteiger partial charge in [-0.2, -0.15) is 0 Å². The van der Waals surface area contributed by atoms with Gasteiger partial charge in [0.15, 0.2) is 0 Å².